The van der Waals surface area contributed by atoms with E-state index in [2.05, 4.69) is 243 Å². The molecule has 0 heteroatoms. The van der Waals surface area contributed by atoms with Crippen LogP contribution in [0, 0.1) is 37.9 Å². The average molecular weight is 1040 g/mol. The van der Waals surface area contributed by atoms with Crippen LogP contribution < -0.4 is 0 Å². The molecule has 0 N–H and O–H groups in total. The minimum atomic E-state index is 0.147. The van der Waals surface area contributed by atoms with Crippen LogP contribution in [0.5, 0.6) is 0 Å². The summed E-state index contributed by atoms with van der Waals surface area (Å²) < 4.78 is 0. The largest absolute Gasteiger partial charge is 0.0953 e. The van der Waals surface area contributed by atoms with E-state index in [0.717, 1.165) is 11.1 Å². The molecule has 3 aliphatic rings. The van der Waals surface area contributed by atoms with E-state index in [9.17, 15) is 0 Å². The summed E-state index contributed by atoms with van der Waals surface area (Å²) in [7, 11) is 0. The third-order valence-electron chi connectivity index (χ3n) is 13.1. The fraction of sp³-hybridized carbons (Fsp3) is 0.680. The van der Waals surface area contributed by atoms with Crippen LogP contribution in [0.4, 0.5) is 0 Å². The van der Waals surface area contributed by atoms with E-state index in [1.165, 1.54) is 114 Å². The van der Waals surface area contributed by atoms with Crippen molar-refractivity contribution < 1.29 is 0 Å². The molecule has 0 spiro atoms. The Bertz CT molecular complexity index is 1850. The summed E-state index contributed by atoms with van der Waals surface area (Å²) in [5.74, 6) is 0. The molecule has 3 aliphatic carbocycles. The topological polar surface area (TPSA) is 0 Å². The molecule has 0 aliphatic heterocycles. The van der Waals surface area contributed by atoms with Crippen LogP contribution in [-0.2, 0) is 18.3 Å². The Hall–Kier alpha value is -3.12. The van der Waals surface area contributed by atoms with Gasteiger partial charge < -0.3 is 0 Å². The molecule has 4 rings (SSSR count). The van der Waals surface area contributed by atoms with Gasteiger partial charge in [-0.3, -0.25) is 0 Å². The van der Waals surface area contributed by atoms with Gasteiger partial charge in [0.15, 0.2) is 0 Å². The maximum atomic E-state index is 4.37. The Morgan fingerprint density at radius 3 is 0.773 bits per heavy atom. The molecule has 0 nitrogen and oxygen atoms in total. The first-order valence-corrected chi connectivity index (χ1v) is 30.1. The van der Waals surface area contributed by atoms with E-state index < -0.39 is 0 Å². The smallest absolute Gasteiger partial charge is 0.0132 e. The number of aryl methyl sites for hydroxylation is 2. The molecule has 75 heavy (non-hydrogen) atoms. The number of rotatable bonds is 6. The highest BCUT2D eigenvalue weighted by Crippen LogP contribution is 2.46. The van der Waals surface area contributed by atoms with Crippen molar-refractivity contribution in [2.24, 2.45) is 37.9 Å². The van der Waals surface area contributed by atoms with Gasteiger partial charge in [-0.2, -0.15) is 0 Å². The van der Waals surface area contributed by atoms with Gasteiger partial charge in [-0.15, -0.1) is 0 Å². The van der Waals surface area contributed by atoms with Crippen molar-refractivity contribution in [1.82, 2.24) is 0 Å². The predicted octanol–water partition coefficient (Wildman–Crippen LogP) is 26.1. The Morgan fingerprint density at radius 1 is 0.320 bits per heavy atom. The highest BCUT2D eigenvalue weighted by atomic mass is 14.3. The normalized spacial score (nSPS) is 14.6. The maximum Gasteiger partial charge on any atom is -0.0132 e. The molecule has 0 saturated heterocycles. The van der Waals surface area contributed by atoms with Gasteiger partial charge >= 0.3 is 0 Å². The number of allylic oxidation sites excluding steroid dienone is 12. The third-order valence-corrected chi connectivity index (χ3v) is 13.1. The lowest BCUT2D eigenvalue weighted by Crippen LogP contribution is -2.18. The average Bonchev–Trinajstić information content (AvgIpc) is 3.98. The summed E-state index contributed by atoms with van der Waals surface area (Å²) in [4.78, 5) is 0. The second-order valence-electron chi connectivity index (χ2n) is 28.9. The van der Waals surface area contributed by atoms with Crippen LogP contribution in [0.15, 0.2) is 126 Å². The number of fused-ring (bicyclic) bond motifs is 1. The van der Waals surface area contributed by atoms with Crippen LogP contribution in [0.2, 0.25) is 0 Å². The Kier molecular flexibility index (Phi) is 38.1. The fourth-order valence-corrected chi connectivity index (χ4v) is 7.53. The van der Waals surface area contributed by atoms with Crippen LogP contribution in [0.3, 0.4) is 0 Å². The van der Waals surface area contributed by atoms with E-state index in [4.69, 9.17) is 0 Å². The van der Waals surface area contributed by atoms with Crippen molar-refractivity contribution in [3.8, 4) is 0 Å². The van der Waals surface area contributed by atoms with Crippen LogP contribution in [0.25, 0.3) is 0 Å². The maximum absolute atomic E-state index is 4.37. The zero-order valence-corrected chi connectivity index (χ0v) is 57.7. The van der Waals surface area contributed by atoms with Gasteiger partial charge in [-0.1, -0.05) is 298 Å². The number of hydrogen-bond acceptors (Lipinski definition) is 0. The number of hydrogen-bond donors (Lipinski definition) is 0. The summed E-state index contributed by atoms with van der Waals surface area (Å²) >= 11 is 0. The zero-order chi connectivity index (χ0) is 61.1. The summed E-state index contributed by atoms with van der Waals surface area (Å²) in [6.07, 6.45) is 16.7. The van der Waals surface area contributed by atoms with E-state index in [0.29, 0.717) is 10.8 Å². The molecule has 1 aromatic rings. The van der Waals surface area contributed by atoms with Gasteiger partial charge in [0.05, 0.1) is 0 Å². The Morgan fingerprint density at radius 2 is 0.547 bits per heavy atom. The summed E-state index contributed by atoms with van der Waals surface area (Å²) in [6, 6.07) is 7.02. The predicted molar refractivity (Wildman–Crippen MR) is 355 cm³/mol. The van der Waals surface area contributed by atoms with E-state index in [1.54, 1.807) is 11.1 Å². The molecule has 0 heterocycles. The lowest BCUT2D eigenvalue weighted by Gasteiger charge is -2.33. The molecule has 0 unspecified atom stereocenters. The standard InChI is InChI=1S/C18H30.C17H28.C14H24.C13H18.C5H12.4C2H6/c1-13(17(3,4)5)15-11-9-10-12-16(15)14(2)18(6,7)8;1-12(16(3,4)5)14-10-9-11-15(14)13(2)17(6,7)8;1-11(13(3,4)5)9-10-12(2)14(6,7)8;1-13(2,3)12-8-7-10-5-4-6-11(10)9-12;1-5(2,3)4;4*1-2/h1-2,9-12H2,3-8H3;1-2,9-11H2,3-8H3;9-10H,1-2H2,3-8H3;7-9H,4-6H2,1-3H3;1-4H3;4*1-2H3. The lowest BCUT2D eigenvalue weighted by atomic mass is 9.72. The highest BCUT2D eigenvalue weighted by molar-refractivity contribution is 5.49. The lowest BCUT2D eigenvalue weighted by molar-refractivity contribution is 0.469. The van der Waals surface area contributed by atoms with Crippen LogP contribution >= 0.6 is 0 Å². The molecule has 1 aromatic carbocycles. The first kappa shape index (κ1) is 80.7. The number of benzene rings is 1. The van der Waals surface area contributed by atoms with E-state index >= 15 is 0 Å². The molecule has 0 bridgehead atoms. The molecule has 0 aromatic heterocycles. The molecule has 0 atom stereocenters. The second kappa shape index (κ2) is 35.4. The minimum absolute atomic E-state index is 0.147. The Labute approximate surface area is 475 Å². The summed E-state index contributed by atoms with van der Waals surface area (Å²) in [6.45, 7) is 97.1. The van der Waals surface area contributed by atoms with Crippen molar-refractivity contribution >= 4 is 0 Å². The van der Waals surface area contributed by atoms with Crippen LogP contribution in [0.1, 0.15) is 297 Å². The quantitative estimate of drug-likeness (QED) is 0.249. The third kappa shape index (κ3) is 33.7. The van der Waals surface area contributed by atoms with Gasteiger partial charge in [0.2, 0.25) is 0 Å². The first-order chi connectivity index (χ1) is 33.7. The first-order valence-electron chi connectivity index (χ1n) is 30.1. The van der Waals surface area contributed by atoms with Gasteiger partial charge in [-0.25, -0.2) is 0 Å². The van der Waals surface area contributed by atoms with Crippen molar-refractivity contribution in [3.05, 3.63) is 142 Å². The SMILES string of the molecule is C=C(C1=C(C(=C)C(C)(C)C)CCC1)C(C)(C)C.C=C(C1=C(C(=C)C(C)(C)C)CCCC1)C(C)(C)C.C=C(C=CC(=C)C(C)(C)C)C(C)(C)C.CC.CC.CC.CC.CC(C)(C)C.CC(C)(C)c1ccc2c(c1)CCC2. The zero-order valence-electron chi connectivity index (χ0n) is 57.7. The minimum Gasteiger partial charge on any atom is -0.0953 e. The molecule has 436 valence electrons. The fourth-order valence-electron chi connectivity index (χ4n) is 7.53. The molecule has 0 saturated carbocycles. The van der Waals surface area contributed by atoms with Crippen molar-refractivity contribution in [3.63, 3.8) is 0 Å². The van der Waals surface area contributed by atoms with E-state index in [1.807, 2.05) is 55.4 Å². The molecule has 0 radical (unpaired) electrons. The van der Waals surface area contributed by atoms with Gasteiger partial charge in [0.25, 0.3) is 0 Å². The summed E-state index contributed by atoms with van der Waals surface area (Å²) in [5, 5.41) is 0. The van der Waals surface area contributed by atoms with Crippen molar-refractivity contribution in [2.75, 3.05) is 0 Å². The molecular formula is C75H136. The Balaban J connectivity index is -0.000000271. The van der Waals surface area contributed by atoms with Gasteiger partial charge in [0, 0.05) is 0 Å². The second-order valence-corrected chi connectivity index (χ2v) is 28.9. The monoisotopic (exact) mass is 1040 g/mol. The van der Waals surface area contributed by atoms with E-state index in [-0.39, 0.29) is 32.5 Å². The molecular weight excluding hydrogens is 901 g/mol. The molecule has 0 fully saturated rings. The molecule has 0 amide bonds. The highest BCUT2D eigenvalue weighted by Gasteiger charge is 2.30. The van der Waals surface area contributed by atoms with Gasteiger partial charge in [-0.05, 0) is 180 Å². The summed E-state index contributed by atoms with van der Waals surface area (Å²) in [5.41, 5.74) is 19.9. The van der Waals surface area contributed by atoms with Crippen molar-refractivity contribution in [2.45, 2.75) is 298 Å². The van der Waals surface area contributed by atoms with Crippen LogP contribution in [-0.4, -0.2) is 0 Å². The van der Waals surface area contributed by atoms with Crippen molar-refractivity contribution in [1.29, 1.82) is 0 Å². The van der Waals surface area contributed by atoms with Gasteiger partial charge in [0.1, 0.15) is 0 Å².